The monoisotopic (exact) mass is 589 g/mol. The largest absolute Gasteiger partial charge is 0.493 e. The summed E-state index contributed by atoms with van der Waals surface area (Å²) in [4.78, 5) is 19.3. The fraction of sp³-hybridized carbons (Fsp3) is 0.296. The first-order valence-electron chi connectivity index (χ1n) is 12.2. The average molecular weight is 590 g/mol. The Morgan fingerprint density at radius 1 is 1.02 bits per heavy atom. The number of carbonyl (C=O) groups excluding carboxylic acids is 1. The zero-order valence-electron chi connectivity index (χ0n) is 22.3. The number of para-hydroxylation sites is 2. The molecular formula is C27H31N3O8S2. The molecule has 2 heterocycles. The Balaban J connectivity index is 0.00000216. The van der Waals surface area contributed by atoms with Crippen LogP contribution in [-0.2, 0) is 36.1 Å². The van der Waals surface area contributed by atoms with Crippen molar-refractivity contribution in [1.29, 1.82) is 0 Å². The van der Waals surface area contributed by atoms with E-state index in [1.165, 1.54) is 24.3 Å². The van der Waals surface area contributed by atoms with Gasteiger partial charge in [-0.1, -0.05) is 12.1 Å². The molecule has 0 aliphatic heterocycles. The van der Waals surface area contributed by atoms with Crippen LogP contribution in [0.15, 0.2) is 70.8 Å². The van der Waals surface area contributed by atoms with Crippen molar-refractivity contribution in [2.75, 3.05) is 34.0 Å². The summed E-state index contributed by atoms with van der Waals surface area (Å²) in [7, 11) is -3.42. The van der Waals surface area contributed by atoms with Crippen LogP contribution < -0.4 is 9.47 Å². The van der Waals surface area contributed by atoms with Crippen LogP contribution in [0, 0.1) is 6.92 Å². The minimum absolute atomic E-state index is 0.0434. The number of rotatable bonds is 13. The second kappa shape index (κ2) is 14.7. The van der Waals surface area contributed by atoms with Crippen molar-refractivity contribution in [3.8, 4) is 11.5 Å². The number of aromatic nitrogens is 3. The molecule has 0 bridgehead atoms. The lowest BCUT2D eigenvalue weighted by Crippen LogP contribution is -2.18. The van der Waals surface area contributed by atoms with Gasteiger partial charge in [-0.15, -0.1) is 0 Å². The van der Waals surface area contributed by atoms with Crippen LogP contribution >= 0.6 is 0 Å². The molecular weight excluding hydrogens is 558 g/mol. The predicted molar refractivity (Wildman–Crippen MR) is 150 cm³/mol. The van der Waals surface area contributed by atoms with E-state index in [0.29, 0.717) is 54.1 Å². The minimum atomic E-state index is -4.18. The molecule has 2 aromatic heterocycles. The van der Waals surface area contributed by atoms with Gasteiger partial charge in [0.1, 0.15) is 18.1 Å². The van der Waals surface area contributed by atoms with Crippen LogP contribution in [0.2, 0.25) is 0 Å². The molecule has 2 aromatic carbocycles. The lowest BCUT2D eigenvalue weighted by Gasteiger charge is -2.13. The molecule has 0 saturated heterocycles. The van der Waals surface area contributed by atoms with Gasteiger partial charge >= 0.3 is 0 Å². The van der Waals surface area contributed by atoms with Gasteiger partial charge in [-0.2, -0.15) is 0 Å². The molecule has 13 heteroatoms. The smallest absolute Gasteiger partial charge is 0.270 e. The predicted octanol–water partition coefficient (Wildman–Crippen LogP) is 2.89. The molecule has 4 aromatic rings. The quantitative estimate of drug-likeness (QED) is 0.182. The van der Waals surface area contributed by atoms with E-state index in [4.69, 9.17) is 19.3 Å². The van der Waals surface area contributed by atoms with Crippen LogP contribution in [0.25, 0.3) is 11.0 Å². The third-order valence-electron chi connectivity index (χ3n) is 5.65. The number of fused-ring (bicyclic) bond motifs is 1. The van der Waals surface area contributed by atoms with Crippen LogP contribution in [0.5, 0.6) is 11.5 Å². The Hall–Kier alpha value is -3.65. The first-order chi connectivity index (χ1) is 19.4. The van der Waals surface area contributed by atoms with E-state index in [-0.39, 0.29) is 22.4 Å². The highest BCUT2D eigenvalue weighted by atomic mass is 32.2. The lowest BCUT2D eigenvalue weighted by molar-refractivity contribution is -0.109. The fourth-order valence-corrected chi connectivity index (χ4v) is 6.78. The maximum absolute atomic E-state index is 13.8. The number of carbonyl (C=O) groups is 1. The highest BCUT2D eigenvalue weighted by Crippen LogP contribution is 2.28. The van der Waals surface area contributed by atoms with Crippen LogP contribution in [0.1, 0.15) is 17.7 Å². The molecule has 0 spiro atoms. The van der Waals surface area contributed by atoms with E-state index in [1.54, 1.807) is 43.6 Å². The van der Waals surface area contributed by atoms with E-state index in [2.05, 4.69) is 9.97 Å². The van der Waals surface area contributed by atoms with E-state index in [9.17, 15) is 17.4 Å². The van der Waals surface area contributed by atoms with E-state index < -0.39 is 20.8 Å². The third-order valence-corrected chi connectivity index (χ3v) is 8.70. The van der Waals surface area contributed by atoms with Crippen molar-refractivity contribution >= 4 is 38.1 Å². The highest BCUT2D eigenvalue weighted by molar-refractivity contribution is 7.91. The maximum Gasteiger partial charge on any atom is 0.270 e. The number of hydrogen-bond donors (Lipinski definition) is 1. The first-order valence-corrected chi connectivity index (χ1v) is 14.9. The zero-order chi connectivity index (χ0) is 29.1. The molecule has 0 aliphatic carbocycles. The van der Waals surface area contributed by atoms with Gasteiger partial charge in [0.15, 0.2) is 6.29 Å². The normalized spacial score (nSPS) is 11.9. The summed E-state index contributed by atoms with van der Waals surface area (Å²) >= 11 is 0. The third kappa shape index (κ3) is 7.10. The van der Waals surface area contributed by atoms with Crippen molar-refractivity contribution in [2.45, 2.75) is 29.1 Å². The van der Waals surface area contributed by atoms with Crippen molar-refractivity contribution in [3.63, 3.8) is 0 Å². The van der Waals surface area contributed by atoms with Crippen molar-refractivity contribution in [2.24, 2.45) is 0 Å². The molecule has 1 N–H and O–H groups in total. The Bertz CT molecular complexity index is 1550. The van der Waals surface area contributed by atoms with Gasteiger partial charge in [0.25, 0.3) is 10.0 Å². The number of aldehydes is 1. The number of ether oxygens (including phenoxy) is 3. The Morgan fingerprint density at radius 2 is 1.75 bits per heavy atom. The summed E-state index contributed by atoms with van der Waals surface area (Å²) < 4.78 is 58.2. The molecule has 214 valence electrons. The second-order valence-electron chi connectivity index (χ2n) is 8.17. The molecule has 40 heavy (non-hydrogen) atoms. The standard InChI is InChI=1S/C26H27N3O7S2.CH4O/c1-19-23(27-13-12-25(19)36-16-5-15-34-2)18-37(31)26-28-22-6-3-4-7-24(22)29(26)38(32,33)21-10-8-20(9-11-21)35-17-14-30;1-2/h3-4,6-14H,5,15-18H2,1-2H3;2H,1H3. The van der Waals surface area contributed by atoms with Crippen LogP contribution in [0.4, 0.5) is 0 Å². The number of benzene rings is 2. The minimum Gasteiger partial charge on any atom is -0.493 e. The molecule has 0 radical (unpaired) electrons. The summed E-state index contributed by atoms with van der Waals surface area (Å²) in [5.74, 6) is 0.903. The summed E-state index contributed by atoms with van der Waals surface area (Å²) in [5.41, 5.74) is 1.93. The first kappa shape index (κ1) is 30.9. The van der Waals surface area contributed by atoms with Crippen LogP contribution in [0.3, 0.4) is 0 Å². The average Bonchev–Trinajstić information content (AvgIpc) is 3.38. The van der Waals surface area contributed by atoms with E-state index >= 15 is 0 Å². The van der Waals surface area contributed by atoms with Gasteiger partial charge < -0.3 is 19.3 Å². The molecule has 0 saturated carbocycles. The van der Waals surface area contributed by atoms with Crippen LogP contribution in [-0.4, -0.2) is 72.0 Å². The van der Waals surface area contributed by atoms with E-state index in [1.807, 2.05) is 6.92 Å². The second-order valence-corrected chi connectivity index (χ2v) is 11.3. The number of hydrogen-bond acceptors (Lipinski definition) is 10. The summed E-state index contributed by atoms with van der Waals surface area (Å²) in [5, 5.41) is 6.89. The van der Waals surface area contributed by atoms with Gasteiger partial charge in [-0.25, -0.2) is 17.4 Å². The van der Waals surface area contributed by atoms with Crippen molar-refractivity contribution in [1.82, 2.24) is 13.9 Å². The number of aliphatic hydroxyl groups is 1. The van der Waals surface area contributed by atoms with Crippen molar-refractivity contribution in [3.05, 3.63) is 72.1 Å². The summed E-state index contributed by atoms with van der Waals surface area (Å²) in [6, 6.07) is 14.1. The summed E-state index contributed by atoms with van der Waals surface area (Å²) in [6.07, 6.45) is 2.88. The molecule has 0 fully saturated rings. The number of aliphatic hydroxyl groups excluding tert-OH is 1. The molecule has 1 unspecified atom stereocenters. The highest BCUT2D eigenvalue weighted by Gasteiger charge is 2.28. The maximum atomic E-state index is 13.8. The van der Waals surface area contributed by atoms with Gasteiger partial charge in [0.2, 0.25) is 5.16 Å². The Kier molecular flexibility index (Phi) is 11.3. The van der Waals surface area contributed by atoms with Gasteiger partial charge in [0.05, 0.1) is 44.8 Å². The summed E-state index contributed by atoms with van der Waals surface area (Å²) in [6.45, 7) is 2.70. The number of methoxy groups -OCH3 is 1. The van der Waals surface area contributed by atoms with Gasteiger partial charge in [-0.3, -0.25) is 14.0 Å². The SMILES string of the molecule is CO.COCCCOc1ccnc(CS(=O)c2nc3ccccc3n2S(=O)(=O)c2ccc(OCC=O)cc2)c1C. The molecule has 0 amide bonds. The van der Waals surface area contributed by atoms with Crippen molar-refractivity contribution < 1.29 is 36.7 Å². The van der Waals surface area contributed by atoms with Gasteiger partial charge in [-0.05, 0) is 49.4 Å². The number of nitrogens with zero attached hydrogens (tertiary/aromatic N) is 3. The fourth-order valence-electron chi connectivity index (χ4n) is 3.74. The zero-order valence-corrected chi connectivity index (χ0v) is 24.0. The molecule has 0 aliphatic rings. The molecule has 4 rings (SSSR count). The molecule has 11 nitrogen and oxygen atoms in total. The lowest BCUT2D eigenvalue weighted by atomic mass is 10.2. The molecule has 1 atom stereocenters. The van der Waals surface area contributed by atoms with E-state index in [0.717, 1.165) is 16.6 Å². The topological polar surface area (TPSA) is 147 Å². The Labute approximate surface area is 235 Å². The number of pyridine rings is 1. The number of imidazole rings is 1. The Morgan fingerprint density at radius 3 is 2.45 bits per heavy atom. The van der Waals surface area contributed by atoms with Gasteiger partial charge in [0, 0.05) is 39.0 Å².